The van der Waals surface area contributed by atoms with Crippen molar-refractivity contribution in [2.24, 2.45) is 0 Å². The second-order valence-corrected chi connectivity index (χ2v) is 5.62. The first-order valence-electron chi connectivity index (χ1n) is 5.78. The first kappa shape index (κ1) is 14.0. The fourth-order valence-electron chi connectivity index (χ4n) is 1.66. The van der Waals surface area contributed by atoms with Gasteiger partial charge in [0.2, 0.25) is 0 Å². The van der Waals surface area contributed by atoms with Crippen molar-refractivity contribution in [2.75, 3.05) is 11.1 Å². The van der Waals surface area contributed by atoms with Crippen LogP contribution in [0.1, 0.15) is 26.2 Å². The summed E-state index contributed by atoms with van der Waals surface area (Å²) in [6.07, 6.45) is 2.11. The van der Waals surface area contributed by atoms with Crippen molar-refractivity contribution >= 4 is 15.8 Å². The van der Waals surface area contributed by atoms with E-state index in [-0.39, 0.29) is 11.8 Å². The van der Waals surface area contributed by atoms with Crippen molar-refractivity contribution in [1.82, 2.24) is 0 Å². The SMILES string of the molecule is CCC(CCCS(=O)(=O)O)Nc1ccccc1. The second kappa shape index (κ2) is 6.61. The molecule has 96 valence electrons. The molecular formula is C12H19NO3S. The Morgan fingerprint density at radius 1 is 1.29 bits per heavy atom. The van der Waals surface area contributed by atoms with Gasteiger partial charge in [-0.05, 0) is 31.4 Å². The van der Waals surface area contributed by atoms with E-state index in [1.165, 1.54) is 0 Å². The van der Waals surface area contributed by atoms with Gasteiger partial charge in [-0.2, -0.15) is 8.42 Å². The Kier molecular flexibility index (Phi) is 5.44. The molecule has 5 heteroatoms. The van der Waals surface area contributed by atoms with Gasteiger partial charge in [0.05, 0.1) is 5.75 Å². The third kappa shape index (κ3) is 6.28. The van der Waals surface area contributed by atoms with E-state index in [4.69, 9.17) is 4.55 Å². The van der Waals surface area contributed by atoms with Gasteiger partial charge < -0.3 is 5.32 Å². The van der Waals surface area contributed by atoms with E-state index < -0.39 is 10.1 Å². The summed E-state index contributed by atoms with van der Waals surface area (Å²) < 4.78 is 29.8. The molecule has 0 radical (unpaired) electrons. The van der Waals surface area contributed by atoms with E-state index in [0.717, 1.165) is 18.5 Å². The smallest absolute Gasteiger partial charge is 0.264 e. The monoisotopic (exact) mass is 257 g/mol. The predicted octanol–water partition coefficient (Wildman–Crippen LogP) is 2.55. The summed E-state index contributed by atoms with van der Waals surface area (Å²) in [7, 11) is -3.83. The molecule has 0 saturated carbocycles. The summed E-state index contributed by atoms with van der Waals surface area (Å²) in [5, 5.41) is 3.34. The molecule has 1 aromatic carbocycles. The summed E-state index contributed by atoms with van der Waals surface area (Å²) in [6, 6.07) is 10.0. The maximum absolute atomic E-state index is 10.6. The van der Waals surface area contributed by atoms with Crippen molar-refractivity contribution in [3.05, 3.63) is 30.3 Å². The van der Waals surface area contributed by atoms with E-state index in [1.807, 2.05) is 37.3 Å². The van der Waals surface area contributed by atoms with Crippen LogP contribution in [0, 0.1) is 0 Å². The van der Waals surface area contributed by atoms with Gasteiger partial charge in [0.1, 0.15) is 0 Å². The van der Waals surface area contributed by atoms with Crippen molar-refractivity contribution in [3.63, 3.8) is 0 Å². The lowest BCUT2D eigenvalue weighted by Crippen LogP contribution is -2.19. The molecule has 0 spiro atoms. The normalized spacial score (nSPS) is 13.3. The summed E-state index contributed by atoms with van der Waals surface area (Å²) in [5.41, 5.74) is 1.03. The maximum atomic E-state index is 10.6. The Morgan fingerprint density at radius 2 is 1.94 bits per heavy atom. The van der Waals surface area contributed by atoms with Gasteiger partial charge in [0.15, 0.2) is 0 Å². The highest BCUT2D eigenvalue weighted by Crippen LogP contribution is 2.12. The highest BCUT2D eigenvalue weighted by atomic mass is 32.2. The van der Waals surface area contributed by atoms with Crippen LogP contribution in [0.4, 0.5) is 5.69 Å². The highest BCUT2D eigenvalue weighted by Gasteiger charge is 2.09. The summed E-state index contributed by atoms with van der Waals surface area (Å²) in [6.45, 7) is 2.05. The van der Waals surface area contributed by atoms with E-state index in [9.17, 15) is 8.42 Å². The first-order chi connectivity index (χ1) is 8.01. The molecule has 2 N–H and O–H groups in total. The van der Waals surface area contributed by atoms with Crippen molar-refractivity contribution in [1.29, 1.82) is 0 Å². The number of hydrogen-bond acceptors (Lipinski definition) is 3. The number of benzene rings is 1. The lowest BCUT2D eigenvalue weighted by Gasteiger charge is -2.17. The summed E-state index contributed by atoms with van der Waals surface area (Å²) >= 11 is 0. The average Bonchev–Trinajstić information content (AvgIpc) is 2.27. The third-order valence-corrected chi connectivity index (χ3v) is 3.40. The molecule has 0 fully saturated rings. The molecule has 0 amide bonds. The molecule has 1 aromatic rings. The van der Waals surface area contributed by atoms with Gasteiger partial charge in [-0.1, -0.05) is 25.1 Å². The van der Waals surface area contributed by atoms with Crippen LogP contribution in [0.3, 0.4) is 0 Å². The largest absolute Gasteiger partial charge is 0.382 e. The fourth-order valence-corrected chi connectivity index (χ4v) is 2.19. The molecule has 0 bridgehead atoms. The standard InChI is InChI=1S/C12H19NO3S/c1-2-11(9-6-10-17(14,15)16)13-12-7-4-3-5-8-12/h3-5,7-8,11,13H,2,6,9-10H2,1H3,(H,14,15,16). The molecule has 0 aliphatic rings. The lowest BCUT2D eigenvalue weighted by atomic mass is 10.1. The number of para-hydroxylation sites is 1. The zero-order valence-corrected chi connectivity index (χ0v) is 10.8. The molecule has 0 saturated heterocycles. The Hall–Kier alpha value is -1.07. The minimum absolute atomic E-state index is 0.167. The Labute approximate surface area is 103 Å². The topological polar surface area (TPSA) is 66.4 Å². The molecule has 0 heterocycles. The van der Waals surface area contributed by atoms with Crippen LogP contribution >= 0.6 is 0 Å². The highest BCUT2D eigenvalue weighted by molar-refractivity contribution is 7.85. The fraction of sp³-hybridized carbons (Fsp3) is 0.500. The zero-order valence-electron chi connectivity index (χ0n) is 9.96. The Bertz CT molecular complexity index is 417. The van der Waals surface area contributed by atoms with E-state index in [0.29, 0.717) is 6.42 Å². The molecule has 0 aliphatic carbocycles. The molecule has 1 rings (SSSR count). The van der Waals surface area contributed by atoms with Crippen LogP contribution in [0.25, 0.3) is 0 Å². The van der Waals surface area contributed by atoms with Gasteiger partial charge in [0.25, 0.3) is 10.1 Å². The van der Waals surface area contributed by atoms with Crippen LogP contribution in [-0.4, -0.2) is 24.8 Å². The van der Waals surface area contributed by atoms with E-state index in [2.05, 4.69) is 5.32 Å². The van der Waals surface area contributed by atoms with Crippen LogP contribution < -0.4 is 5.32 Å². The summed E-state index contributed by atoms with van der Waals surface area (Å²) in [5.74, 6) is -0.167. The van der Waals surface area contributed by atoms with Gasteiger partial charge in [-0.3, -0.25) is 4.55 Å². The van der Waals surface area contributed by atoms with Crippen molar-refractivity contribution in [3.8, 4) is 0 Å². The quantitative estimate of drug-likeness (QED) is 0.737. The molecule has 17 heavy (non-hydrogen) atoms. The minimum Gasteiger partial charge on any atom is -0.382 e. The first-order valence-corrected chi connectivity index (χ1v) is 7.39. The van der Waals surface area contributed by atoms with Crippen molar-refractivity contribution < 1.29 is 13.0 Å². The molecule has 4 nitrogen and oxygen atoms in total. The maximum Gasteiger partial charge on any atom is 0.264 e. The molecule has 0 aliphatic heterocycles. The molecule has 0 aromatic heterocycles. The van der Waals surface area contributed by atoms with Crippen LogP contribution in [0.15, 0.2) is 30.3 Å². The number of nitrogens with one attached hydrogen (secondary N) is 1. The van der Waals surface area contributed by atoms with Crippen LogP contribution in [-0.2, 0) is 10.1 Å². The van der Waals surface area contributed by atoms with Crippen molar-refractivity contribution in [2.45, 2.75) is 32.2 Å². The van der Waals surface area contributed by atoms with E-state index in [1.54, 1.807) is 0 Å². The Morgan fingerprint density at radius 3 is 2.47 bits per heavy atom. The molecule has 1 unspecified atom stereocenters. The van der Waals surface area contributed by atoms with Gasteiger partial charge in [-0.25, -0.2) is 0 Å². The van der Waals surface area contributed by atoms with Gasteiger partial charge in [0, 0.05) is 11.7 Å². The average molecular weight is 257 g/mol. The predicted molar refractivity (Wildman–Crippen MR) is 69.8 cm³/mol. The minimum atomic E-state index is -3.83. The zero-order chi connectivity index (χ0) is 12.7. The number of rotatable bonds is 7. The van der Waals surface area contributed by atoms with Gasteiger partial charge >= 0.3 is 0 Å². The second-order valence-electron chi connectivity index (χ2n) is 4.04. The lowest BCUT2D eigenvalue weighted by molar-refractivity contribution is 0.478. The van der Waals surface area contributed by atoms with Crippen LogP contribution in [0.5, 0.6) is 0 Å². The van der Waals surface area contributed by atoms with Crippen LogP contribution in [0.2, 0.25) is 0 Å². The summed E-state index contributed by atoms with van der Waals surface area (Å²) in [4.78, 5) is 0. The molecule has 1 atom stereocenters. The Balaban J connectivity index is 2.39. The third-order valence-electron chi connectivity index (χ3n) is 2.59. The number of anilines is 1. The van der Waals surface area contributed by atoms with Gasteiger partial charge in [-0.15, -0.1) is 0 Å². The van der Waals surface area contributed by atoms with E-state index >= 15 is 0 Å². The number of hydrogen-bond donors (Lipinski definition) is 2. The molecular weight excluding hydrogens is 238 g/mol.